The SMILES string of the molecule is C=CCOC=CO.O=P(O)(O)O. The van der Waals surface area contributed by atoms with E-state index in [9.17, 15) is 0 Å². The van der Waals surface area contributed by atoms with Gasteiger partial charge in [-0.3, -0.25) is 0 Å². The molecule has 0 saturated carbocycles. The van der Waals surface area contributed by atoms with Crippen LogP contribution in [0.25, 0.3) is 0 Å². The number of ether oxygens (including phenoxy) is 1. The molecule has 0 aromatic carbocycles. The fourth-order valence-electron chi connectivity index (χ4n) is 0.167. The maximum absolute atomic E-state index is 8.88. The van der Waals surface area contributed by atoms with Gasteiger partial charge in [-0.2, -0.15) is 0 Å². The third-order valence-corrected chi connectivity index (χ3v) is 0.371. The summed E-state index contributed by atoms with van der Waals surface area (Å²) in [7, 11) is -4.64. The lowest BCUT2D eigenvalue weighted by Crippen LogP contribution is -1.77. The highest BCUT2D eigenvalue weighted by atomic mass is 31.2. The van der Waals surface area contributed by atoms with E-state index in [-0.39, 0.29) is 0 Å². The Morgan fingerprint density at radius 3 is 2.08 bits per heavy atom. The Morgan fingerprint density at radius 2 is 1.83 bits per heavy atom. The molecule has 6 nitrogen and oxygen atoms in total. The number of rotatable bonds is 3. The lowest BCUT2D eigenvalue weighted by atomic mass is 10.7. The van der Waals surface area contributed by atoms with E-state index in [0.29, 0.717) is 6.61 Å². The molecule has 0 spiro atoms. The molecule has 72 valence electrons. The van der Waals surface area contributed by atoms with Gasteiger partial charge in [0.15, 0.2) is 0 Å². The quantitative estimate of drug-likeness (QED) is 0.225. The molecule has 0 radical (unpaired) electrons. The predicted molar refractivity (Wildman–Crippen MR) is 42.2 cm³/mol. The molecule has 7 heteroatoms. The lowest BCUT2D eigenvalue weighted by Gasteiger charge is -1.87. The molecule has 0 heterocycles. The summed E-state index contributed by atoms with van der Waals surface area (Å²) in [6.45, 7) is 3.83. The minimum atomic E-state index is -4.64. The largest absolute Gasteiger partial charge is 0.512 e. The molecular formula is C5H11O6P. The van der Waals surface area contributed by atoms with E-state index in [4.69, 9.17) is 24.4 Å². The Hall–Kier alpha value is -0.810. The van der Waals surface area contributed by atoms with Crippen molar-refractivity contribution in [3.63, 3.8) is 0 Å². The fraction of sp³-hybridized carbons (Fsp3) is 0.200. The average Bonchev–Trinajstić information content (AvgIpc) is 1.85. The molecule has 0 atom stereocenters. The van der Waals surface area contributed by atoms with Gasteiger partial charge in [-0.05, 0) is 0 Å². The Kier molecular flexibility index (Phi) is 9.50. The first-order valence-corrected chi connectivity index (χ1v) is 4.28. The number of aliphatic hydroxyl groups is 1. The van der Waals surface area contributed by atoms with E-state index < -0.39 is 7.82 Å². The summed E-state index contributed by atoms with van der Waals surface area (Å²) in [6, 6.07) is 0. The highest BCUT2D eigenvalue weighted by Gasteiger charge is 2.00. The summed E-state index contributed by atoms with van der Waals surface area (Å²) in [4.78, 5) is 21.6. The third-order valence-electron chi connectivity index (χ3n) is 0.371. The second kappa shape index (κ2) is 8.29. The van der Waals surface area contributed by atoms with Crippen molar-refractivity contribution in [2.24, 2.45) is 0 Å². The molecule has 0 unspecified atom stereocenters. The van der Waals surface area contributed by atoms with E-state index in [1.54, 1.807) is 6.08 Å². The average molecular weight is 198 g/mol. The van der Waals surface area contributed by atoms with Crippen molar-refractivity contribution >= 4 is 7.82 Å². The van der Waals surface area contributed by atoms with Gasteiger partial charge in [-0.1, -0.05) is 12.7 Å². The Morgan fingerprint density at radius 1 is 1.42 bits per heavy atom. The first-order valence-electron chi connectivity index (χ1n) is 2.71. The van der Waals surface area contributed by atoms with E-state index in [1.807, 2.05) is 0 Å². The van der Waals surface area contributed by atoms with Crippen LogP contribution in [-0.2, 0) is 9.30 Å². The van der Waals surface area contributed by atoms with Crippen molar-refractivity contribution in [3.05, 3.63) is 25.2 Å². The van der Waals surface area contributed by atoms with Crippen LogP contribution in [0.3, 0.4) is 0 Å². The van der Waals surface area contributed by atoms with Crippen LogP contribution in [0.15, 0.2) is 25.2 Å². The first kappa shape index (κ1) is 13.8. The molecule has 0 fully saturated rings. The Labute approximate surface area is 69.7 Å². The fourth-order valence-corrected chi connectivity index (χ4v) is 0.167. The second-order valence-electron chi connectivity index (χ2n) is 1.42. The second-order valence-corrected chi connectivity index (χ2v) is 2.45. The Bertz CT molecular complexity index is 163. The predicted octanol–water partition coefficient (Wildman–Crippen LogP) is 0.290. The Balaban J connectivity index is 0. The smallest absolute Gasteiger partial charge is 0.466 e. The van der Waals surface area contributed by atoms with E-state index in [2.05, 4.69) is 11.3 Å². The van der Waals surface area contributed by atoms with Crippen molar-refractivity contribution < 1.29 is 29.1 Å². The van der Waals surface area contributed by atoms with Gasteiger partial charge in [0.25, 0.3) is 0 Å². The van der Waals surface area contributed by atoms with Crippen molar-refractivity contribution in [2.75, 3.05) is 6.61 Å². The highest BCUT2D eigenvalue weighted by molar-refractivity contribution is 7.45. The van der Waals surface area contributed by atoms with Crippen molar-refractivity contribution in [1.29, 1.82) is 0 Å². The maximum Gasteiger partial charge on any atom is 0.466 e. The zero-order chi connectivity index (χ0) is 10.0. The number of aliphatic hydroxyl groups excluding tert-OH is 1. The minimum Gasteiger partial charge on any atom is -0.512 e. The molecule has 0 aliphatic rings. The van der Waals surface area contributed by atoms with E-state index in [1.165, 1.54) is 6.26 Å². The van der Waals surface area contributed by atoms with E-state index in [0.717, 1.165) is 6.26 Å². The number of phosphoric acid groups is 1. The highest BCUT2D eigenvalue weighted by Crippen LogP contribution is 2.25. The normalized spacial score (nSPS) is 10.2. The molecule has 0 saturated heterocycles. The first-order chi connectivity index (χ1) is 5.41. The zero-order valence-electron chi connectivity index (χ0n) is 6.20. The van der Waals surface area contributed by atoms with Crippen molar-refractivity contribution in [3.8, 4) is 0 Å². The van der Waals surface area contributed by atoms with Crippen molar-refractivity contribution in [1.82, 2.24) is 0 Å². The summed E-state index contributed by atoms with van der Waals surface area (Å²) >= 11 is 0. The van der Waals surface area contributed by atoms with Crippen LogP contribution in [0.1, 0.15) is 0 Å². The van der Waals surface area contributed by atoms with Gasteiger partial charge in [0.05, 0.1) is 0 Å². The van der Waals surface area contributed by atoms with E-state index >= 15 is 0 Å². The summed E-state index contributed by atoms with van der Waals surface area (Å²) in [5, 5.41) is 7.95. The molecule has 0 aromatic heterocycles. The molecule has 0 aromatic rings. The summed E-state index contributed by atoms with van der Waals surface area (Å²) in [6.07, 6.45) is 3.63. The van der Waals surface area contributed by atoms with Gasteiger partial charge < -0.3 is 24.5 Å². The van der Waals surface area contributed by atoms with Crippen LogP contribution in [0.5, 0.6) is 0 Å². The minimum absolute atomic E-state index is 0.442. The zero-order valence-corrected chi connectivity index (χ0v) is 7.09. The number of hydrogen-bond donors (Lipinski definition) is 4. The van der Waals surface area contributed by atoms with Gasteiger partial charge in [-0.25, -0.2) is 4.57 Å². The van der Waals surface area contributed by atoms with Crippen LogP contribution >= 0.6 is 7.82 Å². The van der Waals surface area contributed by atoms with Gasteiger partial charge >= 0.3 is 7.82 Å². The lowest BCUT2D eigenvalue weighted by molar-refractivity contribution is 0.275. The molecule has 0 rings (SSSR count). The maximum atomic E-state index is 8.88. The molecule has 0 aliphatic heterocycles. The van der Waals surface area contributed by atoms with Crippen LogP contribution in [0, 0.1) is 0 Å². The van der Waals surface area contributed by atoms with Crippen LogP contribution in [0.4, 0.5) is 0 Å². The molecule has 4 N–H and O–H groups in total. The van der Waals surface area contributed by atoms with Crippen LogP contribution in [-0.4, -0.2) is 26.4 Å². The summed E-state index contributed by atoms with van der Waals surface area (Å²) in [5.74, 6) is 0. The standard InChI is InChI=1S/C5H8O2.H3O4P/c1-2-4-7-5-3-6;1-5(2,3)4/h2-3,5-6H,1,4H2;(H3,1,2,3,4). The van der Waals surface area contributed by atoms with Crippen molar-refractivity contribution in [2.45, 2.75) is 0 Å². The topological polar surface area (TPSA) is 107 Å². The molecule has 12 heavy (non-hydrogen) atoms. The monoisotopic (exact) mass is 198 g/mol. The summed E-state index contributed by atoms with van der Waals surface area (Å²) < 4.78 is 13.5. The molecule has 0 amide bonds. The van der Waals surface area contributed by atoms with Crippen LogP contribution < -0.4 is 0 Å². The van der Waals surface area contributed by atoms with Crippen LogP contribution in [0.2, 0.25) is 0 Å². The van der Waals surface area contributed by atoms with Gasteiger partial charge in [-0.15, -0.1) is 0 Å². The molecule has 0 aliphatic carbocycles. The van der Waals surface area contributed by atoms with Gasteiger partial charge in [0, 0.05) is 0 Å². The molecule has 0 bridgehead atoms. The number of hydrogen-bond acceptors (Lipinski definition) is 3. The van der Waals surface area contributed by atoms with Gasteiger partial charge in [0.2, 0.25) is 0 Å². The summed E-state index contributed by atoms with van der Waals surface area (Å²) in [5.41, 5.74) is 0. The van der Waals surface area contributed by atoms with Gasteiger partial charge in [0.1, 0.15) is 19.1 Å². The third kappa shape index (κ3) is 60.6. The molecular weight excluding hydrogens is 187 g/mol.